The molecule has 5 nitrogen and oxygen atoms in total. The number of aromatic nitrogens is 1. The van der Waals surface area contributed by atoms with Crippen molar-refractivity contribution in [1.82, 2.24) is 10.3 Å². The third-order valence-corrected chi connectivity index (χ3v) is 3.21. The van der Waals surface area contributed by atoms with E-state index in [9.17, 15) is 9.59 Å². The largest absolute Gasteiger partial charge is 0.464 e. The van der Waals surface area contributed by atoms with Gasteiger partial charge < -0.3 is 15.0 Å². The van der Waals surface area contributed by atoms with Crippen LogP contribution < -0.4 is 5.32 Å². The molecule has 0 spiro atoms. The first-order valence-electron chi connectivity index (χ1n) is 7.10. The van der Waals surface area contributed by atoms with Gasteiger partial charge in [0.2, 0.25) is 5.91 Å². The van der Waals surface area contributed by atoms with Gasteiger partial charge in [0.1, 0.15) is 6.04 Å². The minimum atomic E-state index is -0.659. The zero-order chi connectivity index (χ0) is 15.2. The fourth-order valence-corrected chi connectivity index (χ4v) is 2.26. The highest BCUT2D eigenvalue weighted by atomic mass is 16.5. The van der Waals surface area contributed by atoms with Gasteiger partial charge in [-0.2, -0.15) is 0 Å². The Hall–Kier alpha value is -2.30. The Morgan fingerprint density at radius 3 is 2.81 bits per heavy atom. The Morgan fingerprint density at radius 2 is 2.10 bits per heavy atom. The van der Waals surface area contributed by atoms with E-state index in [-0.39, 0.29) is 5.91 Å². The molecule has 5 heteroatoms. The van der Waals surface area contributed by atoms with Crippen molar-refractivity contribution in [2.45, 2.75) is 32.7 Å². The molecule has 1 amide bonds. The van der Waals surface area contributed by atoms with Crippen LogP contribution in [-0.2, 0) is 20.7 Å². The number of hydrogen-bond acceptors (Lipinski definition) is 3. The average molecular weight is 288 g/mol. The molecule has 2 aromatic rings. The molecule has 0 radical (unpaired) electrons. The van der Waals surface area contributed by atoms with E-state index in [2.05, 4.69) is 10.3 Å². The molecule has 1 heterocycles. The van der Waals surface area contributed by atoms with E-state index in [4.69, 9.17) is 4.74 Å². The van der Waals surface area contributed by atoms with Gasteiger partial charge in [-0.15, -0.1) is 0 Å². The third-order valence-electron chi connectivity index (χ3n) is 3.21. The Bertz CT molecular complexity index is 633. The molecular formula is C16H20N2O3. The second-order valence-electron chi connectivity index (χ2n) is 4.98. The SMILES string of the molecule is CCCOC(=O)C(Cc1c[nH]c2ccccc12)NC(C)=O. The number of nitrogens with one attached hydrogen (secondary N) is 2. The highest BCUT2D eigenvalue weighted by Crippen LogP contribution is 2.19. The van der Waals surface area contributed by atoms with Gasteiger partial charge in [-0.25, -0.2) is 4.79 Å². The normalized spacial score (nSPS) is 12.1. The number of hydrogen-bond donors (Lipinski definition) is 2. The van der Waals surface area contributed by atoms with Crippen LogP contribution in [0.25, 0.3) is 10.9 Å². The van der Waals surface area contributed by atoms with Crippen molar-refractivity contribution in [3.8, 4) is 0 Å². The van der Waals surface area contributed by atoms with E-state index < -0.39 is 12.0 Å². The van der Waals surface area contributed by atoms with Crippen LogP contribution in [-0.4, -0.2) is 29.5 Å². The zero-order valence-corrected chi connectivity index (χ0v) is 12.3. The van der Waals surface area contributed by atoms with Crippen molar-refractivity contribution in [1.29, 1.82) is 0 Å². The second kappa shape index (κ2) is 6.92. The summed E-state index contributed by atoms with van der Waals surface area (Å²) in [4.78, 5) is 26.5. The van der Waals surface area contributed by atoms with E-state index in [1.807, 2.05) is 37.4 Å². The van der Waals surface area contributed by atoms with Crippen LogP contribution in [0.1, 0.15) is 25.8 Å². The van der Waals surface area contributed by atoms with Crippen LogP contribution in [0.3, 0.4) is 0 Å². The fraction of sp³-hybridized carbons (Fsp3) is 0.375. The number of ether oxygens (including phenoxy) is 1. The highest BCUT2D eigenvalue weighted by Gasteiger charge is 2.22. The van der Waals surface area contributed by atoms with E-state index in [0.29, 0.717) is 13.0 Å². The topological polar surface area (TPSA) is 71.2 Å². The maximum Gasteiger partial charge on any atom is 0.328 e. The van der Waals surface area contributed by atoms with Crippen molar-refractivity contribution in [3.05, 3.63) is 36.0 Å². The van der Waals surface area contributed by atoms with E-state index in [1.54, 1.807) is 0 Å². The average Bonchev–Trinajstić information content (AvgIpc) is 2.87. The minimum absolute atomic E-state index is 0.242. The number of para-hydroxylation sites is 1. The Kier molecular flexibility index (Phi) is 4.98. The lowest BCUT2D eigenvalue weighted by Crippen LogP contribution is -2.42. The van der Waals surface area contributed by atoms with Gasteiger partial charge in [0.25, 0.3) is 0 Å². The summed E-state index contributed by atoms with van der Waals surface area (Å²) in [5.41, 5.74) is 1.99. The molecule has 2 rings (SSSR count). The van der Waals surface area contributed by atoms with Gasteiger partial charge in [0.15, 0.2) is 0 Å². The number of H-pyrrole nitrogens is 1. The third kappa shape index (κ3) is 3.84. The van der Waals surface area contributed by atoms with Gasteiger partial charge in [-0.05, 0) is 18.1 Å². The molecule has 1 atom stereocenters. The molecule has 0 saturated heterocycles. The van der Waals surface area contributed by atoms with Gasteiger partial charge >= 0.3 is 5.97 Å². The number of esters is 1. The molecule has 0 bridgehead atoms. The first-order chi connectivity index (χ1) is 10.1. The molecular weight excluding hydrogens is 268 g/mol. The molecule has 1 unspecified atom stereocenters. The number of aromatic amines is 1. The zero-order valence-electron chi connectivity index (χ0n) is 12.3. The molecule has 0 aliphatic carbocycles. The molecule has 0 aliphatic heterocycles. The van der Waals surface area contributed by atoms with Crippen molar-refractivity contribution >= 4 is 22.8 Å². The summed E-state index contributed by atoms with van der Waals surface area (Å²) in [7, 11) is 0. The van der Waals surface area contributed by atoms with Crippen LogP contribution >= 0.6 is 0 Å². The maximum absolute atomic E-state index is 12.1. The quantitative estimate of drug-likeness (QED) is 0.800. The molecule has 1 aromatic carbocycles. The van der Waals surface area contributed by atoms with E-state index >= 15 is 0 Å². The van der Waals surface area contributed by atoms with Crippen LogP contribution in [0.5, 0.6) is 0 Å². The Balaban J connectivity index is 2.17. The number of fused-ring (bicyclic) bond motifs is 1. The lowest BCUT2D eigenvalue weighted by atomic mass is 10.0. The standard InChI is InChI=1S/C16H20N2O3/c1-3-8-21-16(20)15(18-11(2)19)9-12-10-17-14-7-5-4-6-13(12)14/h4-7,10,15,17H,3,8-9H2,1-2H3,(H,18,19). The molecule has 21 heavy (non-hydrogen) atoms. The molecule has 0 fully saturated rings. The van der Waals surface area contributed by atoms with Crippen molar-refractivity contribution in [3.63, 3.8) is 0 Å². The van der Waals surface area contributed by atoms with Gasteiger partial charge in [-0.1, -0.05) is 25.1 Å². The Morgan fingerprint density at radius 1 is 1.33 bits per heavy atom. The van der Waals surface area contributed by atoms with Crippen LogP contribution in [0.4, 0.5) is 0 Å². The van der Waals surface area contributed by atoms with Gasteiger partial charge in [0, 0.05) is 30.4 Å². The minimum Gasteiger partial charge on any atom is -0.464 e. The molecule has 2 N–H and O–H groups in total. The van der Waals surface area contributed by atoms with Crippen molar-refractivity contribution < 1.29 is 14.3 Å². The molecule has 0 aliphatic rings. The predicted molar refractivity (Wildman–Crippen MR) is 80.9 cm³/mol. The second-order valence-corrected chi connectivity index (χ2v) is 4.98. The van der Waals surface area contributed by atoms with E-state index in [1.165, 1.54) is 6.92 Å². The maximum atomic E-state index is 12.1. The molecule has 112 valence electrons. The summed E-state index contributed by atoms with van der Waals surface area (Å²) < 4.78 is 5.15. The number of amides is 1. The monoisotopic (exact) mass is 288 g/mol. The highest BCUT2D eigenvalue weighted by molar-refractivity contribution is 5.86. The smallest absolute Gasteiger partial charge is 0.328 e. The lowest BCUT2D eigenvalue weighted by Gasteiger charge is -2.16. The number of rotatable bonds is 6. The van der Waals surface area contributed by atoms with Crippen molar-refractivity contribution in [2.24, 2.45) is 0 Å². The number of benzene rings is 1. The van der Waals surface area contributed by atoms with Crippen molar-refractivity contribution in [2.75, 3.05) is 6.61 Å². The summed E-state index contributed by atoms with van der Waals surface area (Å²) in [5, 5.41) is 3.72. The predicted octanol–water partition coefficient (Wildman–Crippen LogP) is 2.17. The van der Waals surface area contributed by atoms with Crippen LogP contribution in [0.15, 0.2) is 30.5 Å². The first-order valence-corrected chi connectivity index (χ1v) is 7.10. The number of carbonyl (C=O) groups excluding carboxylic acids is 2. The number of carbonyl (C=O) groups is 2. The summed E-state index contributed by atoms with van der Waals surface area (Å²) >= 11 is 0. The summed E-state index contributed by atoms with van der Waals surface area (Å²) in [6, 6.07) is 7.20. The fourth-order valence-electron chi connectivity index (χ4n) is 2.26. The van der Waals surface area contributed by atoms with E-state index in [0.717, 1.165) is 22.9 Å². The van der Waals surface area contributed by atoms with Gasteiger partial charge in [0.05, 0.1) is 6.61 Å². The molecule has 0 saturated carbocycles. The first kappa shape index (κ1) is 15.1. The summed E-state index contributed by atoms with van der Waals surface area (Å²) in [6.45, 7) is 3.69. The summed E-state index contributed by atoms with van der Waals surface area (Å²) in [5.74, 6) is -0.634. The lowest BCUT2D eigenvalue weighted by molar-refractivity contribution is -0.147. The van der Waals surface area contributed by atoms with Crippen LogP contribution in [0.2, 0.25) is 0 Å². The molecule has 1 aromatic heterocycles. The summed E-state index contributed by atoms with van der Waals surface area (Å²) in [6.07, 6.45) is 3.03. The van der Waals surface area contributed by atoms with Gasteiger partial charge in [-0.3, -0.25) is 4.79 Å². The Labute approximate surface area is 123 Å². The van der Waals surface area contributed by atoms with Crippen LogP contribution in [0, 0.1) is 0 Å².